The largest absolute Gasteiger partial charge is 0.497 e. The SMILES string of the molecule is COc1ccc(C[NH+](C)Cn2c(=S)nc3nc(C)cc(C)n32)c(OC)c1. The fraction of sp³-hybridized carbons (Fsp3) is 0.389. The molecular weight excluding hydrogens is 350 g/mol. The molecular formula is C18H24N5O2S+. The highest BCUT2D eigenvalue weighted by atomic mass is 32.1. The fourth-order valence-corrected chi connectivity index (χ4v) is 3.36. The van der Waals surface area contributed by atoms with Gasteiger partial charge in [0.1, 0.15) is 18.0 Å². The molecule has 2 heterocycles. The number of benzene rings is 1. The van der Waals surface area contributed by atoms with E-state index >= 15 is 0 Å². The van der Waals surface area contributed by atoms with Crippen LogP contribution >= 0.6 is 12.2 Å². The Morgan fingerprint density at radius 2 is 1.88 bits per heavy atom. The lowest BCUT2D eigenvalue weighted by atomic mass is 10.2. The third-order valence-electron chi connectivity index (χ3n) is 4.28. The number of methoxy groups -OCH3 is 2. The Labute approximate surface area is 157 Å². The molecule has 3 rings (SSSR count). The fourth-order valence-electron chi connectivity index (χ4n) is 3.13. The van der Waals surface area contributed by atoms with Crippen molar-refractivity contribution in [2.45, 2.75) is 27.1 Å². The van der Waals surface area contributed by atoms with Crippen molar-refractivity contribution < 1.29 is 14.4 Å². The molecule has 1 N–H and O–H groups in total. The highest BCUT2D eigenvalue weighted by molar-refractivity contribution is 7.71. The first kappa shape index (κ1) is 18.3. The van der Waals surface area contributed by atoms with E-state index in [0.717, 1.165) is 35.0 Å². The Hall–Kier alpha value is -2.45. The molecule has 1 unspecified atom stereocenters. The van der Waals surface area contributed by atoms with Crippen LogP contribution in [0.25, 0.3) is 5.78 Å². The molecule has 0 aliphatic carbocycles. The Kier molecular flexibility index (Phi) is 5.24. The summed E-state index contributed by atoms with van der Waals surface area (Å²) in [5.74, 6) is 2.24. The van der Waals surface area contributed by atoms with Crippen LogP contribution in [0.2, 0.25) is 0 Å². The number of aromatic nitrogens is 4. The summed E-state index contributed by atoms with van der Waals surface area (Å²) in [7, 11) is 5.43. The number of fused-ring (bicyclic) bond motifs is 1. The van der Waals surface area contributed by atoms with Crippen molar-refractivity contribution in [3.05, 3.63) is 46.0 Å². The van der Waals surface area contributed by atoms with Crippen LogP contribution < -0.4 is 14.4 Å². The summed E-state index contributed by atoms with van der Waals surface area (Å²) in [6, 6.07) is 7.91. The van der Waals surface area contributed by atoms with Gasteiger partial charge in [0.2, 0.25) is 4.77 Å². The summed E-state index contributed by atoms with van der Waals surface area (Å²) in [4.78, 5) is 10.1. The Morgan fingerprint density at radius 1 is 1.12 bits per heavy atom. The van der Waals surface area contributed by atoms with E-state index in [-0.39, 0.29) is 0 Å². The van der Waals surface area contributed by atoms with Crippen LogP contribution in [0.15, 0.2) is 24.3 Å². The third kappa shape index (κ3) is 3.56. The van der Waals surface area contributed by atoms with Crippen molar-refractivity contribution in [1.82, 2.24) is 19.2 Å². The van der Waals surface area contributed by atoms with Gasteiger partial charge in [0.05, 0.1) is 21.3 Å². The van der Waals surface area contributed by atoms with E-state index in [1.165, 1.54) is 4.90 Å². The summed E-state index contributed by atoms with van der Waals surface area (Å²) in [6.45, 7) is 5.44. The Balaban J connectivity index is 1.87. The quantitative estimate of drug-likeness (QED) is 0.664. The average Bonchev–Trinajstić information content (AvgIpc) is 2.90. The highest BCUT2D eigenvalue weighted by Crippen LogP contribution is 2.23. The molecule has 138 valence electrons. The van der Waals surface area contributed by atoms with Gasteiger partial charge >= 0.3 is 0 Å². The minimum atomic E-state index is 0.534. The Bertz CT molecular complexity index is 995. The summed E-state index contributed by atoms with van der Waals surface area (Å²) in [5, 5.41) is 0. The van der Waals surface area contributed by atoms with Crippen LogP contribution in [-0.2, 0) is 13.2 Å². The molecule has 3 aromatic rings. The molecule has 0 aliphatic rings. The topological polar surface area (TPSA) is 58.0 Å². The number of aryl methyl sites for hydroxylation is 2. The first-order valence-corrected chi connectivity index (χ1v) is 8.79. The molecule has 2 aromatic heterocycles. The molecule has 0 aliphatic heterocycles. The Morgan fingerprint density at radius 3 is 2.58 bits per heavy atom. The molecule has 7 nitrogen and oxygen atoms in total. The predicted molar refractivity (Wildman–Crippen MR) is 101 cm³/mol. The van der Waals surface area contributed by atoms with Gasteiger partial charge in [0.15, 0.2) is 6.67 Å². The van der Waals surface area contributed by atoms with E-state index in [1.54, 1.807) is 14.2 Å². The smallest absolute Gasteiger partial charge is 0.252 e. The van der Waals surface area contributed by atoms with Crippen molar-refractivity contribution in [2.24, 2.45) is 0 Å². The summed E-state index contributed by atoms with van der Waals surface area (Å²) in [5.41, 5.74) is 3.11. The van der Waals surface area contributed by atoms with Crippen LogP contribution in [0.1, 0.15) is 17.0 Å². The lowest BCUT2D eigenvalue weighted by Crippen LogP contribution is -3.07. The monoisotopic (exact) mass is 374 g/mol. The number of nitrogens with one attached hydrogen (secondary N) is 1. The maximum Gasteiger partial charge on any atom is 0.252 e. The van der Waals surface area contributed by atoms with E-state index < -0.39 is 0 Å². The molecule has 0 saturated carbocycles. The lowest BCUT2D eigenvalue weighted by Gasteiger charge is -2.18. The third-order valence-corrected chi connectivity index (χ3v) is 4.58. The maximum absolute atomic E-state index is 5.50. The molecule has 0 radical (unpaired) electrons. The average molecular weight is 374 g/mol. The highest BCUT2D eigenvalue weighted by Gasteiger charge is 2.15. The summed E-state index contributed by atoms with van der Waals surface area (Å²) in [6.07, 6.45) is 0. The standard InChI is InChI=1S/C18H23N5O2S/c1-12-8-13(2)23-17(19-12)20-18(26)22(23)11-21(3)10-14-6-7-15(24-4)9-16(14)25-5/h6-9H,10-11H2,1-5H3/p+1. The van der Waals surface area contributed by atoms with E-state index in [0.29, 0.717) is 17.2 Å². The molecule has 0 amide bonds. The van der Waals surface area contributed by atoms with Gasteiger partial charge in [-0.1, -0.05) is 0 Å². The minimum absolute atomic E-state index is 0.534. The number of nitrogens with zero attached hydrogens (tertiary/aromatic N) is 4. The molecule has 8 heteroatoms. The normalized spacial score (nSPS) is 12.3. The molecule has 0 fully saturated rings. The first-order chi connectivity index (χ1) is 12.4. The van der Waals surface area contributed by atoms with E-state index in [4.69, 9.17) is 21.7 Å². The van der Waals surface area contributed by atoms with Crippen LogP contribution in [0.4, 0.5) is 0 Å². The van der Waals surface area contributed by atoms with Gasteiger partial charge in [-0.3, -0.25) is 0 Å². The van der Waals surface area contributed by atoms with E-state index in [1.807, 2.05) is 47.3 Å². The number of rotatable bonds is 6. The van der Waals surface area contributed by atoms with E-state index in [2.05, 4.69) is 17.0 Å². The first-order valence-electron chi connectivity index (χ1n) is 8.39. The second-order valence-corrected chi connectivity index (χ2v) is 6.78. The zero-order valence-electron chi connectivity index (χ0n) is 15.7. The molecule has 1 aromatic carbocycles. The minimum Gasteiger partial charge on any atom is -0.497 e. The van der Waals surface area contributed by atoms with Gasteiger partial charge in [-0.05, 0) is 44.3 Å². The zero-order chi connectivity index (χ0) is 18.8. The zero-order valence-corrected chi connectivity index (χ0v) is 16.6. The second kappa shape index (κ2) is 7.43. The molecule has 26 heavy (non-hydrogen) atoms. The van der Waals surface area contributed by atoms with Crippen molar-refractivity contribution in [1.29, 1.82) is 0 Å². The van der Waals surface area contributed by atoms with Crippen LogP contribution in [0, 0.1) is 18.6 Å². The van der Waals surface area contributed by atoms with Gasteiger partial charge in [-0.25, -0.2) is 14.2 Å². The molecule has 0 bridgehead atoms. The second-order valence-electron chi connectivity index (χ2n) is 6.41. The number of hydrogen-bond acceptors (Lipinski definition) is 5. The summed E-state index contributed by atoms with van der Waals surface area (Å²) < 4.78 is 15.3. The van der Waals surface area contributed by atoms with Gasteiger partial charge in [-0.2, -0.15) is 4.98 Å². The van der Waals surface area contributed by atoms with Gasteiger partial charge in [0, 0.05) is 23.0 Å². The molecule has 0 spiro atoms. The lowest BCUT2D eigenvalue weighted by molar-refractivity contribution is -0.917. The van der Waals surface area contributed by atoms with Gasteiger partial charge < -0.3 is 14.4 Å². The number of quaternary nitrogens is 1. The van der Waals surface area contributed by atoms with Crippen LogP contribution in [-0.4, -0.2) is 40.4 Å². The molecule has 1 atom stereocenters. The van der Waals surface area contributed by atoms with Crippen molar-refractivity contribution in [2.75, 3.05) is 21.3 Å². The van der Waals surface area contributed by atoms with Gasteiger partial charge in [0.25, 0.3) is 5.78 Å². The van der Waals surface area contributed by atoms with Crippen molar-refractivity contribution >= 4 is 18.0 Å². The maximum atomic E-state index is 5.50. The van der Waals surface area contributed by atoms with Crippen molar-refractivity contribution in [3.8, 4) is 11.5 Å². The summed E-state index contributed by atoms with van der Waals surface area (Å²) >= 11 is 5.46. The van der Waals surface area contributed by atoms with E-state index in [9.17, 15) is 0 Å². The number of hydrogen-bond donors (Lipinski definition) is 1. The molecule has 0 saturated heterocycles. The van der Waals surface area contributed by atoms with Crippen LogP contribution in [0.5, 0.6) is 11.5 Å². The predicted octanol–water partition coefficient (Wildman–Crippen LogP) is 1.57. The number of ether oxygens (including phenoxy) is 2. The van der Waals surface area contributed by atoms with Crippen LogP contribution in [0.3, 0.4) is 0 Å². The van der Waals surface area contributed by atoms with Crippen molar-refractivity contribution in [3.63, 3.8) is 0 Å². The van der Waals surface area contributed by atoms with Gasteiger partial charge in [-0.15, -0.1) is 0 Å².